The fourth-order valence-corrected chi connectivity index (χ4v) is 2.69. The van der Waals surface area contributed by atoms with Crippen LogP contribution in [0.4, 0.5) is 0 Å². The Labute approximate surface area is 112 Å². The van der Waals surface area contributed by atoms with Crippen LogP contribution in [0.5, 0.6) is 0 Å². The van der Waals surface area contributed by atoms with Crippen LogP contribution >= 0.6 is 0 Å². The Hall–Kier alpha value is -1.33. The number of rotatable bonds is 4. The predicted octanol–water partition coefficient (Wildman–Crippen LogP) is 1.38. The van der Waals surface area contributed by atoms with Crippen LogP contribution < -0.4 is 0 Å². The van der Waals surface area contributed by atoms with E-state index >= 15 is 0 Å². The molecule has 0 aromatic heterocycles. The molecule has 0 saturated heterocycles. The molecule has 2 rings (SSSR count). The third-order valence-electron chi connectivity index (χ3n) is 3.53. The highest BCUT2D eigenvalue weighted by atomic mass is 16.7. The lowest BCUT2D eigenvalue weighted by Gasteiger charge is -2.35. The van der Waals surface area contributed by atoms with Crippen LogP contribution in [0.3, 0.4) is 0 Å². The first-order valence-electron chi connectivity index (χ1n) is 6.47. The molecule has 0 aromatic carbocycles. The van der Waals surface area contributed by atoms with Gasteiger partial charge in [0, 0.05) is 5.92 Å². The molecule has 2 aliphatic rings. The lowest BCUT2D eigenvalue weighted by Crippen LogP contribution is -2.38. The third-order valence-corrected chi connectivity index (χ3v) is 3.53. The van der Waals surface area contributed by atoms with Crippen molar-refractivity contribution in [2.75, 3.05) is 13.7 Å². The second kappa shape index (κ2) is 5.75. The van der Waals surface area contributed by atoms with E-state index < -0.39 is 6.29 Å². The van der Waals surface area contributed by atoms with E-state index in [4.69, 9.17) is 14.2 Å². The molecular weight excluding hydrogens is 248 g/mol. The zero-order valence-electron chi connectivity index (χ0n) is 11.5. The molecule has 0 bridgehead atoms. The van der Waals surface area contributed by atoms with Crippen LogP contribution in [-0.4, -0.2) is 37.2 Å². The first kappa shape index (κ1) is 14.1. The van der Waals surface area contributed by atoms with Gasteiger partial charge in [-0.25, -0.2) is 4.79 Å². The summed E-state index contributed by atoms with van der Waals surface area (Å²) in [7, 11) is 1.35. The van der Waals surface area contributed by atoms with Gasteiger partial charge in [-0.2, -0.15) is 0 Å². The van der Waals surface area contributed by atoms with E-state index in [9.17, 15) is 9.90 Å². The molecule has 3 atom stereocenters. The summed E-state index contributed by atoms with van der Waals surface area (Å²) in [4.78, 5) is 11.7. The van der Waals surface area contributed by atoms with Gasteiger partial charge < -0.3 is 19.3 Å². The Kier molecular flexibility index (Phi) is 4.27. The molecule has 106 valence electrons. The number of aliphatic hydroxyl groups excluding tert-OH is 1. The molecule has 0 aromatic rings. The Balaban J connectivity index is 2.25. The molecule has 1 aliphatic carbocycles. The zero-order valence-corrected chi connectivity index (χ0v) is 11.5. The number of ether oxygens (including phenoxy) is 3. The average Bonchev–Trinajstić information content (AvgIpc) is 2.82. The molecule has 19 heavy (non-hydrogen) atoms. The average molecular weight is 268 g/mol. The lowest BCUT2D eigenvalue weighted by atomic mass is 9.83. The van der Waals surface area contributed by atoms with Crippen molar-refractivity contribution in [3.63, 3.8) is 0 Å². The maximum Gasteiger partial charge on any atom is 0.337 e. The third kappa shape index (κ3) is 2.67. The first-order chi connectivity index (χ1) is 9.08. The molecule has 0 amide bonds. The van der Waals surface area contributed by atoms with Crippen molar-refractivity contribution < 1.29 is 24.1 Å². The van der Waals surface area contributed by atoms with Crippen molar-refractivity contribution in [1.29, 1.82) is 0 Å². The summed E-state index contributed by atoms with van der Waals surface area (Å²) >= 11 is 0. The minimum Gasteiger partial charge on any atom is -0.471 e. The molecule has 0 radical (unpaired) electrons. The van der Waals surface area contributed by atoms with Gasteiger partial charge in [-0.3, -0.25) is 0 Å². The predicted molar refractivity (Wildman–Crippen MR) is 68.0 cm³/mol. The molecule has 1 N–H and O–H groups in total. The van der Waals surface area contributed by atoms with Crippen molar-refractivity contribution >= 4 is 5.97 Å². The standard InChI is InChI=1S/C14H20O5/c1-8(2)19-14-12-9(6-15)4-5-10(12)11(7-18-14)13(16)17-3/h4,7-8,10,12,14-15H,5-6H2,1-3H3/t10?,12?,14-/m0/s1. The van der Waals surface area contributed by atoms with Gasteiger partial charge in [0.1, 0.15) is 0 Å². The fraction of sp³-hybridized carbons (Fsp3) is 0.643. The maximum absolute atomic E-state index is 11.7. The fourth-order valence-electron chi connectivity index (χ4n) is 2.69. The lowest BCUT2D eigenvalue weighted by molar-refractivity contribution is -0.172. The molecule has 2 unspecified atom stereocenters. The Morgan fingerprint density at radius 3 is 2.89 bits per heavy atom. The smallest absolute Gasteiger partial charge is 0.337 e. The molecule has 5 heteroatoms. The van der Waals surface area contributed by atoms with Gasteiger partial charge in [0.25, 0.3) is 0 Å². The number of methoxy groups -OCH3 is 1. The quantitative estimate of drug-likeness (QED) is 0.616. The summed E-state index contributed by atoms with van der Waals surface area (Å²) < 4.78 is 16.0. The van der Waals surface area contributed by atoms with Crippen LogP contribution in [0.1, 0.15) is 20.3 Å². The normalized spacial score (nSPS) is 29.4. The Bertz CT molecular complexity index is 410. The first-order valence-corrected chi connectivity index (χ1v) is 6.47. The number of allylic oxidation sites excluding steroid dienone is 1. The summed E-state index contributed by atoms with van der Waals surface area (Å²) in [5.74, 6) is -0.538. The summed E-state index contributed by atoms with van der Waals surface area (Å²) in [6.07, 6.45) is 3.65. The van der Waals surface area contributed by atoms with Crippen molar-refractivity contribution in [3.05, 3.63) is 23.5 Å². The molecule has 0 fully saturated rings. The van der Waals surface area contributed by atoms with E-state index in [2.05, 4.69) is 0 Å². The van der Waals surface area contributed by atoms with E-state index in [-0.39, 0.29) is 30.5 Å². The van der Waals surface area contributed by atoms with Crippen molar-refractivity contribution in [2.45, 2.75) is 32.7 Å². The number of hydrogen-bond acceptors (Lipinski definition) is 5. The number of carbonyl (C=O) groups excluding carboxylic acids is 1. The number of hydrogen-bond donors (Lipinski definition) is 1. The Morgan fingerprint density at radius 2 is 2.32 bits per heavy atom. The largest absolute Gasteiger partial charge is 0.471 e. The van der Waals surface area contributed by atoms with E-state index in [1.54, 1.807) is 0 Å². The van der Waals surface area contributed by atoms with Gasteiger partial charge in [0.15, 0.2) is 0 Å². The highest BCUT2D eigenvalue weighted by Crippen LogP contribution is 2.43. The van der Waals surface area contributed by atoms with E-state index in [0.29, 0.717) is 12.0 Å². The Morgan fingerprint density at radius 1 is 1.58 bits per heavy atom. The van der Waals surface area contributed by atoms with E-state index in [0.717, 1.165) is 5.57 Å². The summed E-state index contributed by atoms with van der Waals surface area (Å²) in [5.41, 5.74) is 1.38. The number of aliphatic hydroxyl groups is 1. The maximum atomic E-state index is 11.7. The van der Waals surface area contributed by atoms with Crippen LogP contribution in [0.25, 0.3) is 0 Å². The van der Waals surface area contributed by atoms with Gasteiger partial charge in [-0.15, -0.1) is 0 Å². The second-order valence-corrected chi connectivity index (χ2v) is 5.06. The van der Waals surface area contributed by atoms with E-state index in [1.165, 1.54) is 13.4 Å². The van der Waals surface area contributed by atoms with Gasteiger partial charge in [-0.1, -0.05) is 6.08 Å². The van der Waals surface area contributed by atoms with Gasteiger partial charge in [0.2, 0.25) is 6.29 Å². The summed E-state index contributed by atoms with van der Waals surface area (Å²) in [6.45, 7) is 3.81. The highest BCUT2D eigenvalue weighted by Gasteiger charge is 2.44. The van der Waals surface area contributed by atoms with Crippen molar-refractivity contribution in [1.82, 2.24) is 0 Å². The van der Waals surface area contributed by atoms with Crippen LogP contribution in [0.2, 0.25) is 0 Å². The summed E-state index contributed by atoms with van der Waals surface area (Å²) in [6, 6.07) is 0. The molecule has 1 heterocycles. The second-order valence-electron chi connectivity index (χ2n) is 5.06. The molecular formula is C14H20O5. The molecule has 0 saturated carbocycles. The number of fused-ring (bicyclic) bond motifs is 1. The molecule has 0 spiro atoms. The topological polar surface area (TPSA) is 65.0 Å². The zero-order chi connectivity index (χ0) is 14.0. The van der Waals surface area contributed by atoms with Gasteiger partial charge in [-0.05, 0) is 25.8 Å². The van der Waals surface area contributed by atoms with Crippen LogP contribution in [0, 0.1) is 11.8 Å². The minimum absolute atomic E-state index is 0.0132. The van der Waals surface area contributed by atoms with Gasteiger partial charge >= 0.3 is 5.97 Å². The number of carbonyl (C=O) groups is 1. The highest BCUT2D eigenvalue weighted by molar-refractivity contribution is 5.89. The SMILES string of the molecule is COC(=O)C1=CO[C@@H](OC(C)C)C2C(CO)=CCC12. The minimum atomic E-state index is -0.459. The molecule has 1 aliphatic heterocycles. The number of esters is 1. The molecule has 5 nitrogen and oxygen atoms in total. The van der Waals surface area contributed by atoms with Crippen molar-refractivity contribution in [2.24, 2.45) is 11.8 Å². The van der Waals surface area contributed by atoms with E-state index in [1.807, 2.05) is 19.9 Å². The van der Waals surface area contributed by atoms with Gasteiger partial charge in [0.05, 0.1) is 37.6 Å². The van der Waals surface area contributed by atoms with Crippen molar-refractivity contribution in [3.8, 4) is 0 Å². The van der Waals surface area contributed by atoms with Crippen LogP contribution in [0.15, 0.2) is 23.5 Å². The summed E-state index contributed by atoms with van der Waals surface area (Å²) in [5, 5.41) is 9.42. The van der Waals surface area contributed by atoms with Crippen LogP contribution in [-0.2, 0) is 19.0 Å². The monoisotopic (exact) mass is 268 g/mol.